The first-order valence-electron chi connectivity index (χ1n) is 9.13. The van der Waals surface area contributed by atoms with Crippen LogP contribution < -0.4 is 11.1 Å². The quantitative estimate of drug-likeness (QED) is 0.706. The Morgan fingerprint density at radius 2 is 1.62 bits per heavy atom. The molecule has 0 aromatic heterocycles. The molecule has 2 fully saturated rings. The second kappa shape index (κ2) is 8.77. The molecule has 0 aromatic rings. The van der Waals surface area contributed by atoms with Crippen LogP contribution in [0.4, 0.5) is 0 Å². The van der Waals surface area contributed by atoms with E-state index < -0.39 is 0 Å². The van der Waals surface area contributed by atoms with Crippen LogP contribution >= 0.6 is 0 Å². The maximum atomic E-state index is 11.4. The Labute approximate surface area is 130 Å². The van der Waals surface area contributed by atoms with Crippen molar-refractivity contribution in [1.82, 2.24) is 5.32 Å². The van der Waals surface area contributed by atoms with E-state index in [4.69, 9.17) is 5.73 Å². The second-order valence-electron chi connectivity index (χ2n) is 7.37. The van der Waals surface area contributed by atoms with E-state index >= 15 is 0 Å². The molecular weight excluding hydrogens is 260 g/mol. The number of carbonyl (C=O) groups is 1. The Morgan fingerprint density at radius 1 is 1.00 bits per heavy atom. The topological polar surface area (TPSA) is 55.1 Å². The SMILES string of the molecule is CNC(=O)CCC1CCC2CC(CCCCN)CCC2C1. The molecule has 0 saturated heterocycles. The van der Waals surface area contributed by atoms with Crippen LogP contribution in [0, 0.1) is 23.7 Å². The predicted molar refractivity (Wildman–Crippen MR) is 87.9 cm³/mol. The van der Waals surface area contributed by atoms with Gasteiger partial charge in [-0.2, -0.15) is 0 Å². The predicted octanol–water partition coefficient (Wildman–Crippen LogP) is 3.47. The van der Waals surface area contributed by atoms with Crippen molar-refractivity contribution < 1.29 is 4.79 Å². The summed E-state index contributed by atoms with van der Waals surface area (Å²) in [5.41, 5.74) is 5.60. The van der Waals surface area contributed by atoms with E-state index in [9.17, 15) is 4.79 Å². The Hall–Kier alpha value is -0.570. The van der Waals surface area contributed by atoms with Crippen LogP contribution in [0.3, 0.4) is 0 Å². The molecule has 0 bridgehead atoms. The highest BCUT2D eigenvalue weighted by atomic mass is 16.1. The summed E-state index contributed by atoms with van der Waals surface area (Å²) in [4.78, 5) is 11.4. The first-order chi connectivity index (χ1) is 10.2. The van der Waals surface area contributed by atoms with Gasteiger partial charge in [0.1, 0.15) is 0 Å². The Balaban J connectivity index is 1.69. The van der Waals surface area contributed by atoms with Crippen molar-refractivity contribution in [2.45, 2.75) is 70.6 Å². The molecule has 0 radical (unpaired) electrons. The van der Waals surface area contributed by atoms with Gasteiger partial charge in [-0.1, -0.05) is 25.7 Å². The number of unbranched alkanes of at least 4 members (excludes halogenated alkanes) is 1. The van der Waals surface area contributed by atoms with Gasteiger partial charge >= 0.3 is 0 Å². The fourth-order valence-electron chi connectivity index (χ4n) is 4.65. The van der Waals surface area contributed by atoms with E-state index in [0.717, 1.165) is 43.1 Å². The lowest BCUT2D eigenvalue weighted by Crippen LogP contribution is -2.31. The number of nitrogens with two attached hydrogens (primary N) is 1. The van der Waals surface area contributed by atoms with Crippen molar-refractivity contribution in [3.05, 3.63) is 0 Å². The highest BCUT2D eigenvalue weighted by Gasteiger charge is 2.35. The molecule has 4 atom stereocenters. The molecule has 3 heteroatoms. The lowest BCUT2D eigenvalue weighted by Gasteiger charge is -2.42. The number of hydrogen-bond acceptors (Lipinski definition) is 2. The summed E-state index contributed by atoms with van der Waals surface area (Å²) in [5, 5.41) is 2.74. The van der Waals surface area contributed by atoms with E-state index in [1.165, 1.54) is 57.8 Å². The minimum Gasteiger partial charge on any atom is -0.359 e. The maximum Gasteiger partial charge on any atom is 0.219 e. The monoisotopic (exact) mass is 294 g/mol. The van der Waals surface area contributed by atoms with Gasteiger partial charge < -0.3 is 11.1 Å². The van der Waals surface area contributed by atoms with E-state index in [0.29, 0.717) is 0 Å². The van der Waals surface area contributed by atoms with Crippen LogP contribution in [0.2, 0.25) is 0 Å². The zero-order valence-electron chi connectivity index (χ0n) is 13.8. The number of fused-ring (bicyclic) bond motifs is 1. The lowest BCUT2D eigenvalue weighted by molar-refractivity contribution is -0.121. The van der Waals surface area contributed by atoms with Crippen LogP contribution in [0.5, 0.6) is 0 Å². The smallest absolute Gasteiger partial charge is 0.219 e. The van der Waals surface area contributed by atoms with E-state index in [-0.39, 0.29) is 5.91 Å². The third-order valence-corrected chi connectivity index (χ3v) is 5.96. The standard InChI is InChI=1S/C18H34N2O/c1-20-18(21)10-7-15-6-9-16-12-14(4-2-3-11-19)5-8-17(16)13-15/h14-17H,2-13,19H2,1H3,(H,20,21). The molecule has 1 amide bonds. The van der Waals surface area contributed by atoms with Crippen molar-refractivity contribution in [2.75, 3.05) is 13.6 Å². The van der Waals surface area contributed by atoms with Gasteiger partial charge in [-0.25, -0.2) is 0 Å². The zero-order chi connectivity index (χ0) is 15.1. The fraction of sp³-hybridized carbons (Fsp3) is 0.944. The van der Waals surface area contributed by atoms with Crippen LogP contribution in [-0.2, 0) is 4.79 Å². The van der Waals surface area contributed by atoms with Crippen LogP contribution in [0.1, 0.15) is 70.6 Å². The number of amides is 1. The normalized spacial score (nSPS) is 32.5. The molecule has 2 aliphatic rings. The van der Waals surface area contributed by atoms with Crippen molar-refractivity contribution in [1.29, 1.82) is 0 Å². The minimum atomic E-state index is 0.209. The molecule has 0 aromatic carbocycles. The van der Waals surface area contributed by atoms with Crippen molar-refractivity contribution >= 4 is 5.91 Å². The van der Waals surface area contributed by atoms with E-state index in [2.05, 4.69) is 5.32 Å². The summed E-state index contributed by atoms with van der Waals surface area (Å²) in [6, 6.07) is 0. The third-order valence-electron chi connectivity index (χ3n) is 5.96. The molecule has 0 heterocycles. The molecule has 3 N–H and O–H groups in total. The van der Waals surface area contributed by atoms with Gasteiger partial charge in [-0.15, -0.1) is 0 Å². The number of rotatable bonds is 7. The van der Waals surface area contributed by atoms with Gasteiger partial charge in [-0.05, 0) is 68.7 Å². The summed E-state index contributed by atoms with van der Waals surface area (Å²) >= 11 is 0. The van der Waals surface area contributed by atoms with Gasteiger partial charge in [0, 0.05) is 13.5 Å². The number of nitrogens with one attached hydrogen (secondary N) is 1. The third kappa shape index (κ3) is 5.28. The molecule has 2 rings (SSSR count). The Bertz CT molecular complexity index is 318. The first-order valence-corrected chi connectivity index (χ1v) is 9.13. The highest BCUT2D eigenvalue weighted by Crippen LogP contribution is 2.46. The molecule has 2 aliphatic carbocycles. The number of hydrogen-bond donors (Lipinski definition) is 2. The summed E-state index contributed by atoms with van der Waals surface area (Å²) < 4.78 is 0. The van der Waals surface area contributed by atoms with Crippen LogP contribution in [0.25, 0.3) is 0 Å². The largest absolute Gasteiger partial charge is 0.359 e. The summed E-state index contributed by atoms with van der Waals surface area (Å²) in [6.45, 7) is 0.853. The Morgan fingerprint density at radius 3 is 2.19 bits per heavy atom. The van der Waals surface area contributed by atoms with Crippen molar-refractivity contribution in [2.24, 2.45) is 29.4 Å². The van der Waals surface area contributed by atoms with Crippen molar-refractivity contribution in [3.63, 3.8) is 0 Å². The van der Waals surface area contributed by atoms with E-state index in [1.807, 2.05) is 0 Å². The van der Waals surface area contributed by atoms with Gasteiger partial charge in [-0.3, -0.25) is 4.79 Å². The summed E-state index contributed by atoms with van der Waals surface area (Å²) in [5.74, 6) is 3.93. The Kier molecular flexibility index (Phi) is 7.01. The molecule has 0 spiro atoms. The zero-order valence-corrected chi connectivity index (χ0v) is 13.8. The highest BCUT2D eigenvalue weighted by molar-refractivity contribution is 5.75. The summed E-state index contributed by atoms with van der Waals surface area (Å²) in [7, 11) is 1.74. The summed E-state index contributed by atoms with van der Waals surface area (Å²) in [6.07, 6.45) is 14.3. The molecule has 4 unspecified atom stereocenters. The van der Waals surface area contributed by atoms with Crippen molar-refractivity contribution in [3.8, 4) is 0 Å². The second-order valence-corrected chi connectivity index (χ2v) is 7.37. The molecular formula is C18H34N2O. The first kappa shape index (κ1) is 16.8. The molecule has 2 saturated carbocycles. The average molecular weight is 294 g/mol. The van der Waals surface area contributed by atoms with Gasteiger partial charge in [0.2, 0.25) is 5.91 Å². The van der Waals surface area contributed by atoms with Gasteiger partial charge in [0.25, 0.3) is 0 Å². The minimum absolute atomic E-state index is 0.209. The maximum absolute atomic E-state index is 11.4. The van der Waals surface area contributed by atoms with Gasteiger partial charge in [0.05, 0.1) is 0 Å². The number of carbonyl (C=O) groups excluding carboxylic acids is 1. The molecule has 0 aliphatic heterocycles. The fourth-order valence-corrected chi connectivity index (χ4v) is 4.65. The lowest BCUT2D eigenvalue weighted by atomic mass is 9.63. The van der Waals surface area contributed by atoms with Gasteiger partial charge in [0.15, 0.2) is 0 Å². The van der Waals surface area contributed by atoms with E-state index in [1.54, 1.807) is 7.05 Å². The van der Waals surface area contributed by atoms with Crippen LogP contribution in [0.15, 0.2) is 0 Å². The molecule has 3 nitrogen and oxygen atoms in total. The molecule has 21 heavy (non-hydrogen) atoms. The van der Waals surface area contributed by atoms with Crippen LogP contribution in [-0.4, -0.2) is 19.5 Å². The average Bonchev–Trinajstić information content (AvgIpc) is 2.52. The molecule has 122 valence electrons.